The number of nitrogens with zero attached hydrogens (tertiary/aromatic N) is 1. The van der Waals surface area contributed by atoms with Gasteiger partial charge in [-0.3, -0.25) is 0 Å². The summed E-state index contributed by atoms with van der Waals surface area (Å²) in [5, 5.41) is 0.196. The van der Waals surface area contributed by atoms with E-state index in [0.29, 0.717) is 22.5 Å². The number of aromatic nitrogens is 1. The minimum absolute atomic E-state index is 0.196. The van der Waals surface area contributed by atoms with Crippen LogP contribution >= 0.6 is 0 Å². The van der Waals surface area contributed by atoms with Crippen molar-refractivity contribution < 1.29 is 13.4 Å². The van der Waals surface area contributed by atoms with E-state index >= 15 is 0 Å². The highest BCUT2D eigenvalue weighted by molar-refractivity contribution is 7.84. The lowest BCUT2D eigenvalue weighted by Gasteiger charge is -2.06. The molecule has 3 rings (SSSR count). The molecule has 1 heterocycles. The van der Waals surface area contributed by atoms with E-state index < -0.39 is 10.8 Å². The zero-order chi connectivity index (χ0) is 14.8. The maximum absolute atomic E-state index is 12.4. The molecule has 1 unspecified atom stereocenters. The SMILES string of the molecule is COc1ccccc1CS(=O)c1nc2ccc(N)cc2o1. The van der Waals surface area contributed by atoms with Gasteiger partial charge in [0.05, 0.1) is 12.9 Å². The second-order valence-electron chi connectivity index (χ2n) is 4.51. The quantitative estimate of drug-likeness (QED) is 0.750. The van der Waals surface area contributed by atoms with E-state index in [1.54, 1.807) is 25.3 Å². The van der Waals surface area contributed by atoms with Gasteiger partial charge >= 0.3 is 0 Å². The first-order valence-corrected chi connectivity index (χ1v) is 7.65. The molecule has 21 heavy (non-hydrogen) atoms. The van der Waals surface area contributed by atoms with Crippen LogP contribution in [0.15, 0.2) is 52.1 Å². The predicted molar refractivity (Wildman–Crippen MR) is 81.5 cm³/mol. The van der Waals surface area contributed by atoms with Gasteiger partial charge in [0.25, 0.3) is 5.22 Å². The number of anilines is 1. The second kappa shape index (κ2) is 5.57. The maximum atomic E-state index is 12.4. The van der Waals surface area contributed by atoms with E-state index in [9.17, 15) is 4.21 Å². The number of rotatable bonds is 4. The Balaban J connectivity index is 1.90. The van der Waals surface area contributed by atoms with Crippen LogP contribution in [0.3, 0.4) is 0 Å². The maximum Gasteiger partial charge on any atom is 0.288 e. The summed E-state index contributed by atoms with van der Waals surface area (Å²) in [6, 6.07) is 12.6. The number of nitrogen functional groups attached to an aromatic ring is 1. The van der Waals surface area contributed by atoms with Crippen LogP contribution in [0.2, 0.25) is 0 Å². The average Bonchev–Trinajstić information content (AvgIpc) is 2.91. The van der Waals surface area contributed by atoms with Crippen molar-refractivity contribution in [3.05, 3.63) is 48.0 Å². The Hall–Kier alpha value is -2.34. The Bertz CT molecular complexity index is 814. The van der Waals surface area contributed by atoms with Crippen LogP contribution in [-0.4, -0.2) is 16.3 Å². The second-order valence-corrected chi connectivity index (χ2v) is 5.84. The summed E-state index contributed by atoms with van der Waals surface area (Å²) in [5.41, 5.74) is 8.31. The topological polar surface area (TPSA) is 78.3 Å². The Kier molecular flexibility index (Phi) is 3.62. The van der Waals surface area contributed by atoms with E-state index in [4.69, 9.17) is 14.9 Å². The highest BCUT2D eigenvalue weighted by Gasteiger charge is 2.15. The lowest BCUT2D eigenvalue weighted by molar-refractivity contribution is 0.411. The van der Waals surface area contributed by atoms with Gasteiger partial charge in [-0.2, -0.15) is 0 Å². The van der Waals surface area contributed by atoms with Crippen LogP contribution in [0.5, 0.6) is 5.75 Å². The van der Waals surface area contributed by atoms with Gasteiger partial charge in [-0.05, 0) is 18.2 Å². The van der Waals surface area contributed by atoms with Gasteiger partial charge < -0.3 is 14.9 Å². The number of fused-ring (bicyclic) bond motifs is 1. The molecule has 0 amide bonds. The summed E-state index contributed by atoms with van der Waals surface area (Å²) in [6.45, 7) is 0. The highest BCUT2D eigenvalue weighted by atomic mass is 32.2. The lowest BCUT2D eigenvalue weighted by Crippen LogP contribution is -1.99. The fourth-order valence-corrected chi connectivity index (χ4v) is 3.07. The third-order valence-electron chi connectivity index (χ3n) is 3.07. The molecule has 6 heteroatoms. The minimum Gasteiger partial charge on any atom is -0.496 e. The molecule has 0 aliphatic carbocycles. The Labute approximate surface area is 124 Å². The molecule has 0 spiro atoms. The summed E-state index contributed by atoms with van der Waals surface area (Å²) < 4.78 is 23.2. The third-order valence-corrected chi connectivity index (χ3v) is 4.20. The van der Waals surface area contributed by atoms with Crippen molar-refractivity contribution in [1.29, 1.82) is 0 Å². The standard InChI is InChI=1S/C15H14N2O3S/c1-19-13-5-3-2-4-10(13)9-21(18)15-17-12-7-6-11(16)8-14(12)20-15/h2-8H,9,16H2,1H3. The first-order chi connectivity index (χ1) is 10.2. The fourth-order valence-electron chi connectivity index (χ4n) is 2.04. The molecule has 0 bridgehead atoms. The molecule has 2 aromatic carbocycles. The molecule has 1 aromatic heterocycles. The lowest BCUT2D eigenvalue weighted by atomic mass is 10.2. The molecular formula is C15H14N2O3S. The van der Waals surface area contributed by atoms with Crippen molar-refractivity contribution in [1.82, 2.24) is 4.98 Å². The number of ether oxygens (including phenoxy) is 1. The van der Waals surface area contributed by atoms with Crippen molar-refractivity contribution in [2.24, 2.45) is 0 Å². The van der Waals surface area contributed by atoms with Gasteiger partial charge in [-0.1, -0.05) is 18.2 Å². The molecule has 0 radical (unpaired) electrons. The minimum atomic E-state index is -1.38. The Morgan fingerprint density at radius 2 is 2.10 bits per heavy atom. The van der Waals surface area contributed by atoms with Gasteiger partial charge in [-0.25, -0.2) is 9.19 Å². The number of benzene rings is 2. The van der Waals surface area contributed by atoms with E-state index in [0.717, 1.165) is 5.56 Å². The summed E-state index contributed by atoms with van der Waals surface area (Å²) in [7, 11) is 0.203. The van der Waals surface area contributed by atoms with Crippen LogP contribution < -0.4 is 10.5 Å². The first kappa shape index (κ1) is 13.6. The Morgan fingerprint density at radius 3 is 2.90 bits per heavy atom. The van der Waals surface area contributed by atoms with Crippen LogP contribution in [0.25, 0.3) is 11.1 Å². The largest absolute Gasteiger partial charge is 0.496 e. The van der Waals surface area contributed by atoms with Gasteiger partial charge in [-0.15, -0.1) is 0 Å². The van der Waals surface area contributed by atoms with Gasteiger partial charge in [0, 0.05) is 17.3 Å². The average molecular weight is 302 g/mol. The van der Waals surface area contributed by atoms with E-state index in [1.165, 1.54) is 0 Å². The van der Waals surface area contributed by atoms with Crippen molar-refractivity contribution in [3.8, 4) is 5.75 Å². The summed E-state index contributed by atoms with van der Waals surface area (Å²) in [5.74, 6) is 0.984. The van der Waals surface area contributed by atoms with Crippen molar-refractivity contribution >= 4 is 27.6 Å². The predicted octanol–water partition coefficient (Wildman–Crippen LogP) is 2.73. The number of hydrogen-bond donors (Lipinski definition) is 1. The fraction of sp³-hybridized carbons (Fsp3) is 0.133. The molecule has 0 saturated heterocycles. The number of oxazole rings is 1. The number of para-hydroxylation sites is 1. The van der Waals surface area contributed by atoms with Gasteiger partial charge in [0.15, 0.2) is 5.58 Å². The smallest absolute Gasteiger partial charge is 0.288 e. The normalized spacial score (nSPS) is 12.4. The van der Waals surface area contributed by atoms with Crippen molar-refractivity contribution in [2.45, 2.75) is 11.0 Å². The van der Waals surface area contributed by atoms with Crippen LogP contribution in [0.4, 0.5) is 5.69 Å². The van der Waals surface area contributed by atoms with Crippen LogP contribution in [0, 0.1) is 0 Å². The molecule has 3 aromatic rings. The zero-order valence-corrected chi connectivity index (χ0v) is 12.2. The van der Waals surface area contributed by atoms with E-state index in [-0.39, 0.29) is 11.0 Å². The Morgan fingerprint density at radius 1 is 1.29 bits per heavy atom. The number of hydrogen-bond acceptors (Lipinski definition) is 5. The van der Waals surface area contributed by atoms with Crippen LogP contribution in [-0.2, 0) is 16.6 Å². The molecule has 2 N–H and O–H groups in total. The summed E-state index contributed by atoms with van der Waals surface area (Å²) >= 11 is 0. The first-order valence-electron chi connectivity index (χ1n) is 6.33. The van der Waals surface area contributed by atoms with Gasteiger partial charge in [0.2, 0.25) is 0 Å². The van der Waals surface area contributed by atoms with E-state index in [1.807, 2.05) is 24.3 Å². The van der Waals surface area contributed by atoms with Crippen molar-refractivity contribution in [2.75, 3.05) is 12.8 Å². The van der Waals surface area contributed by atoms with Gasteiger partial charge in [0.1, 0.15) is 22.1 Å². The zero-order valence-electron chi connectivity index (χ0n) is 11.4. The molecular weight excluding hydrogens is 288 g/mol. The molecule has 0 fully saturated rings. The molecule has 0 aliphatic heterocycles. The van der Waals surface area contributed by atoms with E-state index in [2.05, 4.69) is 4.98 Å². The summed E-state index contributed by atoms with van der Waals surface area (Å²) in [4.78, 5) is 4.24. The number of nitrogens with two attached hydrogens (primary N) is 1. The van der Waals surface area contributed by atoms with Crippen molar-refractivity contribution in [3.63, 3.8) is 0 Å². The number of methoxy groups -OCH3 is 1. The molecule has 0 aliphatic rings. The molecule has 108 valence electrons. The van der Waals surface area contributed by atoms with Crippen LogP contribution in [0.1, 0.15) is 5.56 Å². The molecule has 5 nitrogen and oxygen atoms in total. The third kappa shape index (κ3) is 2.75. The molecule has 0 saturated carbocycles. The highest BCUT2D eigenvalue weighted by Crippen LogP contribution is 2.24. The summed E-state index contributed by atoms with van der Waals surface area (Å²) in [6.07, 6.45) is 0. The monoisotopic (exact) mass is 302 g/mol. The molecule has 1 atom stereocenters.